The lowest BCUT2D eigenvalue weighted by Crippen LogP contribution is -2.08. The maximum atomic E-state index is 4.49. The molecule has 0 saturated carbocycles. The highest BCUT2D eigenvalue weighted by molar-refractivity contribution is 7.96. The number of hydrogen-bond donors (Lipinski definition) is 1. The van der Waals surface area contributed by atoms with E-state index in [-0.39, 0.29) is 0 Å². The first-order valence-corrected chi connectivity index (χ1v) is 3.05. The maximum absolute atomic E-state index is 4.49. The molecular formula is C3H8N2S2. The minimum absolute atomic E-state index is 1.45. The summed E-state index contributed by atoms with van der Waals surface area (Å²) in [5, 5.41) is 0. The topological polar surface area (TPSA) is 15.3 Å². The predicted molar refractivity (Wildman–Crippen MR) is 38.1 cm³/mol. The van der Waals surface area contributed by atoms with Crippen LogP contribution in [-0.2, 0) is 0 Å². The smallest absolute Gasteiger partial charge is 0.0723 e. The van der Waals surface area contributed by atoms with Gasteiger partial charge in [-0.1, -0.05) is 12.2 Å². The number of nitrogens with zero attached hydrogens (tertiary/aromatic N) is 1. The highest BCUT2D eigenvalue weighted by Gasteiger charge is 1.81. The fourth-order valence-electron chi connectivity index (χ4n) is 0.127. The molecule has 0 unspecified atom stereocenters. The summed E-state index contributed by atoms with van der Waals surface area (Å²) in [5.74, 6) is 0. The molecule has 0 aliphatic rings. The van der Waals surface area contributed by atoms with Gasteiger partial charge in [-0.2, -0.15) is 0 Å². The number of rotatable bonds is 3. The first kappa shape index (κ1) is 7.20. The summed E-state index contributed by atoms with van der Waals surface area (Å²) in [5.41, 5.74) is 1.48. The molecule has 1 N–H and O–H groups in total. The Morgan fingerprint density at radius 3 is 2.43 bits per heavy atom. The average molecular weight is 136 g/mol. The summed E-state index contributed by atoms with van der Waals surface area (Å²) in [7, 11) is 3.88. The molecule has 0 aliphatic heterocycles. The summed E-state index contributed by atoms with van der Waals surface area (Å²) < 4.78 is 4.70. The van der Waals surface area contributed by atoms with Crippen LogP contribution in [-0.4, -0.2) is 23.9 Å². The summed E-state index contributed by atoms with van der Waals surface area (Å²) in [4.78, 5) is 0. The molecule has 0 spiro atoms. The van der Waals surface area contributed by atoms with Gasteiger partial charge < -0.3 is 4.72 Å². The summed E-state index contributed by atoms with van der Waals surface area (Å²) in [6.07, 6.45) is 0. The van der Waals surface area contributed by atoms with Crippen LogP contribution < -0.4 is 4.72 Å². The van der Waals surface area contributed by atoms with Crippen molar-refractivity contribution in [2.75, 3.05) is 14.1 Å². The van der Waals surface area contributed by atoms with E-state index in [1.807, 2.05) is 18.4 Å². The normalized spacial score (nSPS) is 9.00. The largest absolute Gasteiger partial charge is 0.314 e. The van der Waals surface area contributed by atoms with E-state index in [2.05, 4.69) is 16.9 Å². The fraction of sp³-hybridized carbons (Fsp3) is 0.667. The van der Waals surface area contributed by atoms with E-state index in [9.17, 15) is 0 Å². The minimum atomic E-state index is 1.45. The molecule has 0 saturated heterocycles. The monoisotopic (exact) mass is 136 g/mol. The first-order chi connectivity index (χ1) is 3.27. The highest BCUT2D eigenvalue weighted by atomic mass is 32.2. The van der Waals surface area contributed by atoms with Crippen molar-refractivity contribution in [2.45, 2.75) is 0 Å². The highest BCUT2D eigenvalue weighted by Crippen LogP contribution is 1.91. The summed E-state index contributed by atoms with van der Waals surface area (Å²) in [6, 6.07) is 0. The van der Waals surface area contributed by atoms with Crippen molar-refractivity contribution >= 4 is 29.8 Å². The van der Waals surface area contributed by atoms with Gasteiger partial charge in [0.15, 0.2) is 0 Å². The van der Waals surface area contributed by atoms with Gasteiger partial charge in [-0.05, 0) is 14.1 Å². The molecule has 42 valence electrons. The van der Waals surface area contributed by atoms with Crippen molar-refractivity contribution in [3.8, 4) is 0 Å². The third-order valence-corrected chi connectivity index (χ3v) is 1.14. The number of hydrogen-bond acceptors (Lipinski definition) is 3. The Kier molecular flexibility index (Phi) is 4.49. The van der Waals surface area contributed by atoms with Crippen molar-refractivity contribution < 1.29 is 0 Å². The molecule has 4 heteroatoms. The Balaban J connectivity index is 2.81. The Morgan fingerprint density at radius 1 is 1.71 bits per heavy atom. The van der Waals surface area contributed by atoms with Crippen LogP contribution in [0.3, 0.4) is 0 Å². The zero-order valence-electron chi connectivity index (χ0n) is 4.34. The van der Waals surface area contributed by atoms with E-state index < -0.39 is 0 Å². The fourth-order valence-corrected chi connectivity index (χ4v) is 0.510. The van der Waals surface area contributed by atoms with Gasteiger partial charge in [-0.3, -0.25) is 0 Å². The van der Waals surface area contributed by atoms with E-state index in [0.29, 0.717) is 0 Å². The Labute approximate surface area is 53.5 Å². The van der Waals surface area contributed by atoms with Gasteiger partial charge in [-0.15, -0.1) is 0 Å². The first-order valence-electron chi connectivity index (χ1n) is 1.81. The van der Waals surface area contributed by atoms with Crippen LogP contribution in [0, 0.1) is 0 Å². The SMILES string of the molecule is CN(C)SNC=S. The van der Waals surface area contributed by atoms with Crippen molar-refractivity contribution in [3.05, 3.63) is 0 Å². The van der Waals surface area contributed by atoms with E-state index >= 15 is 0 Å². The quantitative estimate of drug-likeness (QED) is 0.452. The van der Waals surface area contributed by atoms with Gasteiger partial charge in [-0.25, -0.2) is 4.31 Å². The van der Waals surface area contributed by atoms with Gasteiger partial charge in [0, 0.05) is 12.1 Å². The molecule has 0 amide bonds. The molecule has 0 aromatic heterocycles. The van der Waals surface area contributed by atoms with Crippen LogP contribution in [0.4, 0.5) is 0 Å². The van der Waals surface area contributed by atoms with Crippen molar-refractivity contribution in [1.29, 1.82) is 0 Å². The van der Waals surface area contributed by atoms with Gasteiger partial charge in [0.25, 0.3) is 0 Å². The summed E-state index contributed by atoms with van der Waals surface area (Å²) in [6.45, 7) is 0. The van der Waals surface area contributed by atoms with Crippen LogP contribution in [0.2, 0.25) is 0 Å². The van der Waals surface area contributed by atoms with Crippen LogP contribution in [0.1, 0.15) is 0 Å². The van der Waals surface area contributed by atoms with Crippen LogP contribution in [0.15, 0.2) is 0 Å². The van der Waals surface area contributed by atoms with Gasteiger partial charge in [0.05, 0.1) is 5.49 Å². The molecule has 0 atom stereocenters. The Bertz CT molecular complexity index is 54.9. The van der Waals surface area contributed by atoms with Gasteiger partial charge in [0.1, 0.15) is 0 Å². The van der Waals surface area contributed by atoms with Crippen LogP contribution in [0.25, 0.3) is 0 Å². The summed E-state index contributed by atoms with van der Waals surface area (Å²) >= 11 is 5.94. The molecular weight excluding hydrogens is 128 g/mol. The predicted octanol–water partition coefficient (Wildman–Crippen LogP) is 0.658. The Morgan fingerprint density at radius 2 is 2.29 bits per heavy atom. The minimum Gasteiger partial charge on any atom is -0.314 e. The van der Waals surface area contributed by atoms with E-state index in [1.54, 1.807) is 0 Å². The van der Waals surface area contributed by atoms with Crippen molar-refractivity contribution in [2.24, 2.45) is 0 Å². The zero-order valence-corrected chi connectivity index (χ0v) is 5.97. The molecule has 0 aliphatic carbocycles. The number of thiocarbonyl (C=S) groups is 1. The third-order valence-electron chi connectivity index (χ3n) is 0.283. The van der Waals surface area contributed by atoms with Crippen LogP contribution in [0.5, 0.6) is 0 Å². The number of nitrogens with one attached hydrogen (secondary N) is 1. The molecule has 0 heterocycles. The van der Waals surface area contributed by atoms with Crippen molar-refractivity contribution in [1.82, 2.24) is 9.03 Å². The lowest BCUT2D eigenvalue weighted by Gasteiger charge is -2.04. The lowest BCUT2D eigenvalue weighted by atomic mass is 11.3. The zero-order chi connectivity index (χ0) is 5.70. The van der Waals surface area contributed by atoms with E-state index in [0.717, 1.165) is 0 Å². The van der Waals surface area contributed by atoms with E-state index in [4.69, 9.17) is 0 Å². The lowest BCUT2D eigenvalue weighted by molar-refractivity contribution is 0.701. The molecule has 0 radical (unpaired) electrons. The third kappa shape index (κ3) is 6.20. The second-order valence-corrected chi connectivity index (χ2v) is 2.52. The molecule has 7 heavy (non-hydrogen) atoms. The molecule has 0 rings (SSSR count). The maximum Gasteiger partial charge on any atom is 0.0723 e. The average Bonchev–Trinajstić information content (AvgIpc) is 1.61. The molecule has 0 bridgehead atoms. The van der Waals surface area contributed by atoms with Gasteiger partial charge >= 0.3 is 0 Å². The molecule has 2 nitrogen and oxygen atoms in total. The van der Waals surface area contributed by atoms with Crippen LogP contribution >= 0.6 is 24.4 Å². The van der Waals surface area contributed by atoms with E-state index in [1.165, 1.54) is 17.6 Å². The second-order valence-electron chi connectivity index (χ2n) is 1.14. The second kappa shape index (κ2) is 4.36. The molecule has 0 aromatic rings. The standard InChI is InChI=1S/C3H8N2S2/c1-5(2)7-4-3-6/h3H,1-2H3,(H,4,6). The molecule has 0 aromatic carbocycles. The van der Waals surface area contributed by atoms with Gasteiger partial charge in [0.2, 0.25) is 0 Å². The molecule has 0 fully saturated rings. The van der Waals surface area contributed by atoms with Crippen molar-refractivity contribution in [3.63, 3.8) is 0 Å². The Hall–Kier alpha value is 0.200.